The van der Waals surface area contributed by atoms with E-state index in [4.69, 9.17) is 8.94 Å². The number of hydrogen-bond donors (Lipinski definition) is 0. The van der Waals surface area contributed by atoms with Gasteiger partial charge in [-0.05, 0) is 25.5 Å². The van der Waals surface area contributed by atoms with Crippen molar-refractivity contribution < 1.29 is 8.94 Å². The second kappa shape index (κ2) is 6.39. The first-order valence-electron chi connectivity index (χ1n) is 7.75. The van der Waals surface area contributed by atoms with E-state index in [2.05, 4.69) is 20.3 Å². The number of benzene rings is 1. The fourth-order valence-electron chi connectivity index (χ4n) is 2.09. The van der Waals surface area contributed by atoms with Crippen molar-refractivity contribution in [2.45, 2.75) is 50.5 Å². The minimum absolute atomic E-state index is 0.0706. The van der Waals surface area contributed by atoms with Crippen molar-refractivity contribution in [1.82, 2.24) is 20.3 Å². The molecule has 0 aliphatic heterocycles. The molecular formula is C17H20N4O2S. The molecule has 24 heavy (non-hydrogen) atoms. The predicted octanol–water partition coefficient (Wildman–Crippen LogP) is 4.58. The van der Waals surface area contributed by atoms with Crippen molar-refractivity contribution in [3.8, 4) is 11.5 Å². The number of aryl methyl sites for hydroxylation is 1. The summed E-state index contributed by atoms with van der Waals surface area (Å²) < 4.78 is 11.1. The summed E-state index contributed by atoms with van der Waals surface area (Å²) in [4.78, 5) is 4.47. The van der Waals surface area contributed by atoms with E-state index >= 15 is 0 Å². The molecule has 0 fully saturated rings. The summed E-state index contributed by atoms with van der Waals surface area (Å²) in [5, 5.41) is 12.7. The van der Waals surface area contributed by atoms with Gasteiger partial charge < -0.3 is 8.94 Å². The van der Waals surface area contributed by atoms with Crippen LogP contribution in [0.25, 0.3) is 11.5 Å². The summed E-state index contributed by atoms with van der Waals surface area (Å²) in [6.07, 6.45) is 0. The third-order valence-corrected chi connectivity index (χ3v) is 4.44. The average Bonchev–Trinajstić information content (AvgIpc) is 3.16. The van der Waals surface area contributed by atoms with E-state index in [1.165, 1.54) is 11.8 Å². The Morgan fingerprint density at radius 1 is 1.12 bits per heavy atom. The molecule has 0 aliphatic carbocycles. The van der Waals surface area contributed by atoms with Crippen molar-refractivity contribution in [2.24, 2.45) is 0 Å². The number of nitrogens with zero attached hydrogens (tertiary/aromatic N) is 4. The van der Waals surface area contributed by atoms with Crippen molar-refractivity contribution in [3.63, 3.8) is 0 Å². The van der Waals surface area contributed by atoms with E-state index in [-0.39, 0.29) is 10.7 Å². The van der Waals surface area contributed by atoms with Gasteiger partial charge in [-0.1, -0.05) is 55.9 Å². The van der Waals surface area contributed by atoms with Crippen molar-refractivity contribution in [3.05, 3.63) is 41.5 Å². The highest BCUT2D eigenvalue weighted by Crippen LogP contribution is 2.35. The van der Waals surface area contributed by atoms with Crippen LogP contribution in [0.3, 0.4) is 0 Å². The monoisotopic (exact) mass is 344 g/mol. The summed E-state index contributed by atoms with van der Waals surface area (Å²) >= 11 is 1.41. The van der Waals surface area contributed by atoms with Crippen molar-refractivity contribution in [2.75, 3.05) is 0 Å². The minimum Gasteiger partial charge on any atom is -0.411 e. The van der Waals surface area contributed by atoms with Crippen LogP contribution >= 0.6 is 11.8 Å². The maximum absolute atomic E-state index is 5.77. The molecule has 1 atom stereocenters. The number of thioether (sulfide) groups is 1. The Balaban J connectivity index is 1.75. The SMILES string of the molecule is Cc1ccccc1-c1nnc(SC(C)c2nc(C(C)(C)C)no2)o1. The number of aromatic nitrogens is 4. The molecule has 0 saturated heterocycles. The van der Waals surface area contributed by atoms with Gasteiger partial charge in [-0.15, -0.1) is 10.2 Å². The molecule has 0 radical (unpaired) electrons. The lowest BCUT2D eigenvalue weighted by Gasteiger charge is -2.11. The zero-order valence-corrected chi connectivity index (χ0v) is 15.2. The molecule has 2 heterocycles. The Morgan fingerprint density at radius 3 is 2.54 bits per heavy atom. The van der Waals surface area contributed by atoms with Gasteiger partial charge in [-0.3, -0.25) is 0 Å². The van der Waals surface area contributed by atoms with Gasteiger partial charge in [0.15, 0.2) is 5.82 Å². The first kappa shape index (κ1) is 16.7. The van der Waals surface area contributed by atoms with E-state index in [0.29, 0.717) is 22.8 Å². The molecule has 1 aromatic carbocycles. The molecule has 0 N–H and O–H groups in total. The smallest absolute Gasteiger partial charge is 0.277 e. The second-order valence-electron chi connectivity index (χ2n) is 6.65. The highest BCUT2D eigenvalue weighted by Gasteiger charge is 2.24. The summed E-state index contributed by atoms with van der Waals surface area (Å²) in [6, 6.07) is 7.92. The standard InChI is InChI=1S/C17H20N4O2S/c1-10-8-6-7-9-12(10)14-19-20-16(22-14)24-11(2)13-18-15(21-23-13)17(3,4)5/h6-9,11H,1-5H3. The third kappa shape index (κ3) is 3.51. The van der Waals surface area contributed by atoms with Gasteiger partial charge in [-0.25, -0.2) is 0 Å². The van der Waals surface area contributed by atoms with Gasteiger partial charge in [0.2, 0.25) is 11.8 Å². The van der Waals surface area contributed by atoms with Crippen LogP contribution < -0.4 is 0 Å². The predicted molar refractivity (Wildman–Crippen MR) is 91.7 cm³/mol. The van der Waals surface area contributed by atoms with Gasteiger partial charge >= 0.3 is 0 Å². The van der Waals surface area contributed by atoms with Crippen LogP contribution in [0.15, 0.2) is 38.4 Å². The summed E-state index contributed by atoms with van der Waals surface area (Å²) in [6.45, 7) is 10.1. The van der Waals surface area contributed by atoms with Gasteiger partial charge in [0, 0.05) is 11.0 Å². The van der Waals surface area contributed by atoms with E-state index in [9.17, 15) is 0 Å². The third-order valence-electron chi connectivity index (χ3n) is 3.52. The van der Waals surface area contributed by atoms with Gasteiger partial charge in [0.25, 0.3) is 5.22 Å². The highest BCUT2D eigenvalue weighted by atomic mass is 32.2. The first-order valence-corrected chi connectivity index (χ1v) is 8.63. The van der Waals surface area contributed by atoms with Gasteiger partial charge in [0.05, 0.1) is 5.25 Å². The van der Waals surface area contributed by atoms with E-state index in [0.717, 1.165) is 11.1 Å². The van der Waals surface area contributed by atoms with Crippen molar-refractivity contribution >= 4 is 11.8 Å². The topological polar surface area (TPSA) is 77.8 Å². The van der Waals surface area contributed by atoms with Crippen LogP contribution in [0.5, 0.6) is 0 Å². The molecule has 7 heteroatoms. The Bertz CT molecular complexity index is 835. The maximum Gasteiger partial charge on any atom is 0.277 e. The Morgan fingerprint density at radius 2 is 1.88 bits per heavy atom. The summed E-state index contributed by atoms with van der Waals surface area (Å²) in [7, 11) is 0. The molecule has 126 valence electrons. The van der Waals surface area contributed by atoms with Crippen LogP contribution in [0, 0.1) is 6.92 Å². The zero-order valence-electron chi connectivity index (χ0n) is 14.4. The lowest BCUT2D eigenvalue weighted by Crippen LogP contribution is -2.13. The lowest BCUT2D eigenvalue weighted by molar-refractivity contribution is 0.363. The van der Waals surface area contributed by atoms with Gasteiger partial charge in [0.1, 0.15) is 0 Å². The van der Waals surface area contributed by atoms with E-state index in [1.807, 2.05) is 58.9 Å². The molecule has 6 nitrogen and oxygen atoms in total. The number of hydrogen-bond acceptors (Lipinski definition) is 7. The molecule has 0 bridgehead atoms. The molecule has 2 aromatic heterocycles. The second-order valence-corrected chi connectivity index (χ2v) is 7.95. The van der Waals surface area contributed by atoms with Crippen LogP contribution in [-0.4, -0.2) is 20.3 Å². The van der Waals surface area contributed by atoms with Gasteiger partial charge in [-0.2, -0.15) is 4.98 Å². The van der Waals surface area contributed by atoms with Crippen LogP contribution in [-0.2, 0) is 5.41 Å². The molecule has 0 amide bonds. The Labute approximate surface area is 145 Å². The molecule has 1 unspecified atom stereocenters. The fraction of sp³-hybridized carbons (Fsp3) is 0.412. The zero-order chi connectivity index (χ0) is 17.3. The van der Waals surface area contributed by atoms with E-state index in [1.54, 1.807) is 0 Å². The molecule has 0 aliphatic rings. The Kier molecular flexibility index (Phi) is 4.45. The first-order chi connectivity index (χ1) is 11.3. The summed E-state index contributed by atoms with van der Waals surface area (Å²) in [5.74, 6) is 1.76. The molecule has 0 spiro atoms. The average molecular weight is 344 g/mol. The highest BCUT2D eigenvalue weighted by molar-refractivity contribution is 7.99. The van der Waals surface area contributed by atoms with E-state index < -0.39 is 0 Å². The minimum atomic E-state index is -0.144. The maximum atomic E-state index is 5.77. The van der Waals surface area contributed by atoms with Crippen molar-refractivity contribution in [1.29, 1.82) is 0 Å². The normalized spacial score (nSPS) is 13.2. The quantitative estimate of drug-likeness (QED) is 0.641. The summed E-state index contributed by atoms with van der Waals surface area (Å²) in [5.41, 5.74) is 1.89. The lowest BCUT2D eigenvalue weighted by atomic mass is 9.96. The molecule has 3 rings (SSSR count). The fourth-order valence-corrected chi connectivity index (χ4v) is 2.80. The Hall–Kier alpha value is -2.15. The number of rotatable bonds is 4. The van der Waals surface area contributed by atoms with Crippen LogP contribution in [0.1, 0.15) is 50.2 Å². The largest absolute Gasteiger partial charge is 0.411 e. The molecule has 0 saturated carbocycles. The van der Waals surface area contributed by atoms with Crippen LogP contribution in [0.2, 0.25) is 0 Å². The molecular weight excluding hydrogens is 324 g/mol. The molecule has 3 aromatic rings. The van der Waals surface area contributed by atoms with Crippen LogP contribution in [0.4, 0.5) is 0 Å².